The molecule has 1 atom stereocenters. The first-order valence-corrected chi connectivity index (χ1v) is 8.37. The summed E-state index contributed by atoms with van der Waals surface area (Å²) in [6.07, 6.45) is -0.00783. The van der Waals surface area contributed by atoms with Crippen LogP contribution >= 0.6 is 0 Å². The number of amides is 1. The molecule has 1 unspecified atom stereocenters. The van der Waals surface area contributed by atoms with Gasteiger partial charge in [0.25, 0.3) is 5.69 Å². The number of benzene rings is 1. The van der Waals surface area contributed by atoms with Crippen LogP contribution in [-0.4, -0.2) is 31.3 Å². The second kappa shape index (κ2) is 7.38. The molecule has 0 fully saturated rings. The van der Waals surface area contributed by atoms with Crippen molar-refractivity contribution < 1.29 is 18.1 Å². The lowest BCUT2D eigenvalue weighted by Crippen LogP contribution is -2.30. The number of nitrogens with one attached hydrogen (secondary N) is 2. The van der Waals surface area contributed by atoms with Crippen molar-refractivity contribution in [3.63, 3.8) is 0 Å². The van der Waals surface area contributed by atoms with Gasteiger partial charge in [0, 0.05) is 24.6 Å². The highest BCUT2D eigenvalue weighted by Gasteiger charge is 2.23. The average Bonchev–Trinajstić information content (AvgIpc) is 2.35. The van der Waals surface area contributed by atoms with E-state index in [1.165, 1.54) is 12.1 Å². The third-order valence-corrected chi connectivity index (χ3v) is 4.43. The lowest BCUT2D eigenvalue weighted by molar-refractivity contribution is -0.384. The van der Waals surface area contributed by atoms with Crippen molar-refractivity contribution in [2.24, 2.45) is 5.73 Å². The van der Waals surface area contributed by atoms with Crippen LogP contribution in [0.25, 0.3) is 0 Å². The molecule has 23 heavy (non-hydrogen) atoms. The van der Waals surface area contributed by atoms with Gasteiger partial charge in [0.15, 0.2) is 0 Å². The number of rotatable bonds is 8. The lowest BCUT2D eigenvalue weighted by Gasteiger charge is -2.15. The molecule has 1 amide bonds. The Kier molecular flexibility index (Phi) is 6.05. The van der Waals surface area contributed by atoms with E-state index in [4.69, 9.17) is 5.73 Å². The van der Waals surface area contributed by atoms with Crippen LogP contribution in [0.4, 0.5) is 11.4 Å². The zero-order valence-electron chi connectivity index (χ0n) is 13.1. The summed E-state index contributed by atoms with van der Waals surface area (Å²) in [4.78, 5) is 21.2. The fourth-order valence-corrected chi connectivity index (χ4v) is 3.22. The molecule has 0 bridgehead atoms. The summed E-state index contributed by atoms with van der Waals surface area (Å²) in [6.45, 7) is 4.93. The Balaban J connectivity index is 3.17. The summed E-state index contributed by atoms with van der Waals surface area (Å²) >= 11 is 0. The molecule has 0 aliphatic rings. The molecule has 1 rings (SSSR count). The molecule has 0 saturated heterocycles. The van der Waals surface area contributed by atoms with Crippen LogP contribution in [0.2, 0.25) is 0 Å². The van der Waals surface area contributed by atoms with Crippen molar-refractivity contribution in [2.45, 2.75) is 44.2 Å². The third kappa shape index (κ3) is 5.49. The van der Waals surface area contributed by atoms with E-state index >= 15 is 0 Å². The molecule has 0 radical (unpaired) electrons. The van der Waals surface area contributed by atoms with E-state index in [0.717, 1.165) is 6.07 Å². The van der Waals surface area contributed by atoms with E-state index < -0.39 is 32.6 Å². The summed E-state index contributed by atoms with van der Waals surface area (Å²) < 4.78 is 26.5. The van der Waals surface area contributed by atoms with Crippen LogP contribution in [0, 0.1) is 10.1 Å². The number of sulfonamides is 1. The first kappa shape index (κ1) is 18.8. The number of nitrogens with zero attached hydrogens (tertiary/aromatic N) is 1. The van der Waals surface area contributed by atoms with E-state index in [0.29, 0.717) is 0 Å². The predicted octanol–water partition coefficient (Wildman–Crippen LogP) is 0.957. The van der Waals surface area contributed by atoms with Crippen molar-refractivity contribution in [3.8, 4) is 0 Å². The molecule has 0 heterocycles. The Bertz CT molecular complexity index is 702. The first-order chi connectivity index (χ1) is 10.5. The van der Waals surface area contributed by atoms with E-state index in [9.17, 15) is 23.3 Å². The molecular formula is C13H20N4O5S. The largest absolute Gasteiger partial charge is 0.377 e. The van der Waals surface area contributed by atoms with Gasteiger partial charge in [-0.3, -0.25) is 14.9 Å². The number of primary amides is 1. The topological polar surface area (TPSA) is 144 Å². The maximum Gasteiger partial charge on any atom is 0.293 e. The van der Waals surface area contributed by atoms with Gasteiger partial charge in [0.05, 0.1) is 9.82 Å². The van der Waals surface area contributed by atoms with Crippen LogP contribution < -0.4 is 15.8 Å². The number of hydrogen-bond donors (Lipinski definition) is 3. The summed E-state index contributed by atoms with van der Waals surface area (Å²) in [5.74, 6) is -0.548. The summed E-state index contributed by atoms with van der Waals surface area (Å²) in [7, 11) is -3.84. The van der Waals surface area contributed by atoms with Crippen LogP contribution in [-0.2, 0) is 14.8 Å². The number of carbonyl (C=O) groups excluding carboxylic acids is 1. The lowest BCUT2D eigenvalue weighted by atomic mass is 10.2. The average molecular weight is 344 g/mol. The second-order valence-corrected chi connectivity index (χ2v) is 7.14. The maximum atomic E-state index is 12.1. The Morgan fingerprint density at radius 1 is 1.35 bits per heavy atom. The maximum absolute atomic E-state index is 12.1. The quantitative estimate of drug-likeness (QED) is 0.473. The second-order valence-electron chi connectivity index (χ2n) is 5.43. The van der Waals surface area contributed by atoms with Gasteiger partial charge in [-0.05, 0) is 32.9 Å². The van der Waals surface area contributed by atoms with Crippen LogP contribution in [0.1, 0.15) is 27.2 Å². The number of nitrogens with two attached hydrogens (primary N) is 1. The van der Waals surface area contributed by atoms with Crippen molar-refractivity contribution in [2.75, 3.05) is 5.32 Å². The number of anilines is 1. The van der Waals surface area contributed by atoms with Gasteiger partial charge in [-0.25, -0.2) is 13.1 Å². The zero-order chi connectivity index (χ0) is 17.8. The Morgan fingerprint density at radius 2 is 1.96 bits per heavy atom. The third-order valence-electron chi connectivity index (χ3n) is 2.78. The fourth-order valence-electron chi connectivity index (χ4n) is 1.95. The molecule has 0 aliphatic heterocycles. The van der Waals surface area contributed by atoms with Gasteiger partial charge in [0.2, 0.25) is 15.9 Å². The monoisotopic (exact) mass is 344 g/mol. The highest BCUT2D eigenvalue weighted by atomic mass is 32.2. The smallest absolute Gasteiger partial charge is 0.293 e. The zero-order valence-corrected chi connectivity index (χ0v) is 13.9. The fraction of sp³-hybridized carbons (Fsp3) is 0.462. The molecule has 0 aliphatic carbocycles. The Morgan fingerprint density at radius 3 is 2.43 bits per heavy atom. The number of nitro benzene ring substituents is 1. The minimum absolute atomic E-state index is 0.00783. The SMILES string of the molecule is CC(C)NS(=O)(=O)c1ccc(NC(C)CC(N)=O)c([N+](=O)[O-])c1. The van der Waals surface area contributed by atoms with Crippen LogP contribution in [0.3, 0.4) is 0 Å². The standard InChI is InChI=1S/C13H20N4O5S/c1-8(2)16-23(21,22)10-4-5-11(12(7-10)17(19)20)15-9(3)6-13(14)18/h4-5,7-9,15-16H,6H2,1-3H3,(H2,14,18). The molecule has 0 saturated carbocycles. The molecule has 4 N–H and O–H groups in total. The summed E-state index contributed by atoms with van der Waals surface area (Å²) in [5.41, 5.74) is 4.79. The molecule has 10 heteroatoms. The number of carbonyl (C=O) groups is 1. The van der Waals surface area contributed by atoms with Crippen molar-refractivity contribution in [1.29, 1.82) is 0 Å². The minimum atomic E-state index is -3.84. The molecule has 0 spiro atoms. The minimum Gasteiger partial charge on any atom is -0.377 e. The van der Waals surface area contributed by atoms with Crippen molar-refractivity contribution >= 4 is 27.3 Å². The van der Waals surface area contributed by atoms with Crippen molar-refractivity contribution in [3.05, 3.63) is 28.3 Å². The van der Waals surface area contributed by atoms with E-state index in [2.05, 4.69) is 10.0 Å². The Labute approximate surface area is 134 Å². The molecule has 9 nitrogen and oxygen atoms in total. The molecule has 1 aromatic carbocycles. The summed E-state index contributed by atoms with van der Waals surface area (Å²) in [5, 5.41) is 14.0. The van der Waals surface area contributed by atoms with Crippen LogP contribution in [0.15, 0.2) is 23.1 Å². The normalized spacial score (nSPS) is 12.9. The van der Waals surface area contributed by atoms with E-state index in [1.54, 1.807) is 20.8 Å². The predicted molar refractivity (Wildman–Crippen MR) is 85.5 cm³/mol. The molecule has 0 aromatic heterocycles. The highest BCUT2D eigenvalue weighted by molar-refractivity contribution is 7.89. The van der Waals surface area contributed by atoms with Gasteiger partial charge < -0.3 is 11.1 Å². The molecular weight excluding hydrogens is 324 g/mol. The van der Waals surface area contributed by atoms with Gasteiger partial charge in [-0.1, -0.05) is 0 Å². The highest BCUT2D eigenvalue weighted by Crippen LogP contribution is 2.28. The van der Waals surface area contributed by atoms with Crippen LogP contribution in [0.5, 0.6) is 0 Å². The molecule has 1 aromatic rings. The van der Waals surface area contributed by atoms with Gasteiger partial charge >= 0.3 is 0 Å². The van der Waals surface area contributed by atoms with Gasteiger partial charge in [0.1, 0.15) is 5.69 Å². The first-order valence-electron chi connectivity index (χ1n) is 6.88. The Hall–Kier alpha value is -2.20. The molecule has 128 valence electrons. The number of nitro groups is 1. The van der Waals surface area contributed by atoms with Crippen molar-refractivity contribution in [1.82, 2.24) is 4.72 Å². The summed E-state index contributed by atoms with van der Waals surface area (Å²) in [6, 6.07) is 2.76. The van der Waals surface area contributed by atoms with Gasteiger partial charge in [-0.2, -0.15) is 0 Å². The van der Waals surface area contributed by atoms with E-state index in [-0.39, 0.29) is 23.0 Å². The number of hydrogen-bond acceptors (Lipinski definition) is 6. The van der Waals surface area contributed by atoms with Gasteiger partial charge in [-0.15, -0.1) is 0 Å². The van der Waals surface area contributed by atoms with E-state index in [1.807, 2.05) is 0 Å².